The summed E-state index contributed by atoms with van der Waals surface area (Å²) in [5.74, 6) is 0.691. The maximum atomic E-state index is 5.41. The zero-order valence-corrected chi connectivity index (χ0v) is 33.3. The van der Waals surface area contributed by atoms with Crippen molar-refractivity contribution in [1.82, 2.24) is 9.97 Å². The Morgan fingerprint density at radius 1 is 0.230 bits per heavy atom. The van der Waals surface area contributed by atoms with Crippen molar-refractivity contribution in [1.29, 1.82) is 0 Å². The number of nitrogens with zero attached hydrogens (tertiary/aromatic N) is 2. The van der Waals surface area contributed by atoms with Gasteiger partial charge in [0.05, 0.1) is 16.8 Å². The smallest absolute Gasteiger partial charge is 0.160 e. The van der Waals surface area contributed by atoms with Crippen LogP contribution in [0.1, 0.15) is 22.3 Å². The van der Waals surface area contributed by atoms with Gasteiger partial charge < -0.3 is 0 Å². The van der Waals surface area contributed by atoms with E-state index in [2.05, 4.69) is 224 Å². The fourth-order valence-corrected chi connectivity index (χ4v) is 10.0. The van der Waals surface area contributed by atoms with Crippen LogP contribution in [0.25, 0.3) is 89.5 Å². The van der Waals surface area contributed by atoms with E-state index in [-0.39, 0.29) is 0 Å². The van der Waals surface area contributed by atoms with E-state index in [0.717, 1.165) is 50.3 Å². The minimum atomic E-state index is -0.582. The molecular formula is C59H38N2. The molecule has 0 aliphatic heterocycles. The van der Waals surface area contributed by atoms with Gasteiger partial charge in [-0.05, 0) is 108 Å². The van der Waals surface area contributed by atoms with E-state index in [1.165, 1.54) is 55.6 Å². The topological polar surface area (TPSA) is 25.8 Å². The van der Waals surface area contributed by atoms with Gasteiger partial charge in [-0.1, -0.05) is 200 Å². The molecule has 0 fully saturated rings. The lowest BCUT2D eigenvalue weighted by molar-refractivity contribution is 0.775. The average molecular weight is 775 g/mol. The van der Waals surface area contributed by atoms with Gasteiger partial charge in [0.1, 0.15) is 0 Å². The Morgan fingerprint density at radius 3 is 1.11 bits per heavy atom. The van der Waals surface area contributed by atoms with E-state index in [1.54, 1.807) is 0 Å². The van der Waals surface area contributed by atoms with Gasteiger partial charge in [0.25, 0.3) is 0 Å². The molecular weight excluding hydrogens is 737 g/mol. The van der Waals surface area contributed by atoms with Crippen LogP contribution in [-0.2, 0) is 5.41 Å². The molecule has 1 spiro atoms. The van der Waals surface area contributed by atoms with E-state index in [1.807, 2.05) is 6.07 Å². The van der Waals surface area contributed by atoms with Crippen molar-refractivity contribution in [3.63, 3.8) is 0 Å². The van der Waals surface area contributed by atoms with Crippen molar-refractivity contribution in [2.45, 2.75) is 5.41 Å². The van der Waals surface area contributed by atoms with E-state index in [9.17, 15) is 0 Å². The highest BCUT2D eigenvalue weighted by Gasteiger charge is 2.49. The summed E-state index contributed by atoms with van der Waals surface area (Å²) >= 11 is 0. The summed E-state index contributed by atoms with van der Waals surface area (Å²) in [5.41, 5.74) is 21.5. The molecule has 0 N–H and O–H groups in total. The molecule has 2 heteroatoms. The number of aromatic nitrogens is 2. The molecule has 0 atom stereocenters. The Bertz CT molecular complexity index is 3190. The molecule has 0 saturated carbocycles. The van der Waals surface area contributed by atoms with Gasteiger partial charge in [-0.25, -0.2) is 9.97 Å². The molecule has 1 aromatic heterocycles. The third kappa shape index (κ3) is 5.57. The lowest BCUT2D eigenvalue weighted by atomic mass is 9.65. The Kier molecular flexibility index (Phi) is 8.11. The first-order valence-electron chi connectivity index (χ1n) is 21.0. The lowest BCUT2D eigenvalue weighted by Gasteiger charge is -2.35. The van der Waals surface area contributed by atoms with Crippen molar-refractivity contribution in [2.24, 2.45) is 0 Å². The molecule has 2 aliphatic rings. The van der Waals surface area contributed by atoms with Crippen LogP contribution in [0.15, 0.2) is 231 Å². The Balaban J connectivity index is 1.14. The highest BCUT2D eigenvalue weighted by atomic mass is 14.9. The number of rotatable bonds is 5. The average Bonchev–Trinajstić information content (AvgIpc) is 3.59. The summed E-state index contributed by atoms with van der Waals surface area (Å²) in [6.45, 7) is 0. The SMILES string of the molecule is c1ccc(-c2cc(-c3ccccc3)cc(-c3cc(-c4ccc5c(c4)C4(c6ccccc6-c6ccccc6-5)c5ccccc5-c5ccccc54)nc(-c4ccccc4)n3)c2)cc1. The maximum absolute atomic E-state index is 5.41. The van der Waals surface area contributed by atoms with Crippen molar-refractivity contribution < 1.29 is 0 Å². The fraction of sp³-hybridized carbons (Fsp3) is 0.0169. The molecule has 0 saturated heterocycles. The first-order valence-corrected chi connectivity index (χ1v) is 21.0. The number of fused-ring (bicyclic) bond motifs is 12. The minimum absolute atomic E-state index is 0.582. The van der Waals surface area contributed by atoms with Gasteiger partial charge in [0, 0.05) is 16.7 Å². The van der Waals surface area contributed by atoms with Gasteiger partial charge in [0.2, 0.25) is 0 Å². The molecule has 61 heavy (non-hydrogen) atoms. The summed E-state index contributed by atoms with van der Waals surface area (Å²) in [7, 11) is 0. The van der Waals surface area contributed by atoms with Gasteiger partial charge in [-0.3, -0.25) is 0 Å². The predicted molar refractivity (Wildman–Crippen MR) is 251 cm³/mol. The molecule has 1 heterocycles. The number of hydrogen-bond acceptors (Lipinski definition) is 2. The van der Waals surface area contributed by atoms with Gasteiger partial charge in [0.15, 0.2) is 5.82 Å². The van der Waals surface area contributed by atoms with Crippen LogP contribution in [0.2, 0.25) is 0 Å². The Hall–Kier alpha value is -7.94. The molecule has 2 nitrogen and oxygen atoms in total. The Morgan fingerprint density at radius 2 is 0.607 bits per heavy atom. The van der Waals surface area contributed by atoms with Gasteiger partial charge in [-0.15, -0.1) is 0 Å². The van der Waals surface area contributed by atoms with Crippen molar-refractivity contribution >= 4 is 0 Å². The zero-order valence-electron chi connectivity index (χ0n) is 33.3. The lowest BCUT2D eigenvalue weighted by Crippen LogP contribution is -2.29. The second kappa shape index (κ2) is 14.1. The van der Waals surface area contributed by atoms with Gasteiger partial charge >= 0.3 is 0 Å². The monoisotopic (exact) mass is 774 g/mol. The van der Waals surface area contributed by atoms with E-state index >= 15 is 0 Å². The summed E-state index contributed by atoms with van der Waals surface area (Å²) in [5, 5.41) is 0. The summed E-state index contributed by atoms with van der Waals surface area (Å²) in [6, 6.07) is 83.7. The van der Waals surface area contributed by atoms with Crippen LogP contribution in [0.4, 0.5) is 0 Å². The third-order valence-corrected chi connectivity index (χ3v) is 12.7. The van der Waals surface area contributed by atoms with Crippen LogP contribution >= 0.6 is 0 Å². The summed E-state index contributed by atoms with van der Waals surface area (Å²) < 4.78 is 0. The highest BCUT2D eigenvalue weighted by Crippen LogP contribution is 2.61. The van der Waals surface area contributed by atoms with E-state index in [0.29, 0.717) is 5.82 Å². The van der Waals surface area contributed by atoms with Gasteiger partial charge in [-0.2, -0.15) is 0 Å². The molecule has 0 radical (unpaired) electrons. The van der Waals surface area contributed by atoms with E-state index in [4.69, 9.17) is 9.97 Å². The predicted octanol–water partition coefficient (Wildman–Crippen LogP) is 14.8. The molecule has 0 amide bonds. The first kappa shape index (κ1) is 35.0. The molecule has 12 rings (SSSR count). The first-order chi connectivity index (χ1) is 30.2. The molecule has 284 valence electrons. The summed E-state index contributed by atoms with van der Waals surface area (Å²) in [6.07, 6.45) is 0. The van der Waals surface area contributed by atoms with Crippen LogP contribution in [-0.4, -0.2) is 9.97 Å². The number of hydrogen-bond donors (Lipinski definition) is 0. The Labute approximate surface area is 356 Å². The normalized spacial score (nSPS) is 12.7. The molecule has 2 aliphatic carbocycles. The van der Waals surface area contributed by atoms with Crippen molar-refractivity contribution in [3.05, 3.63) is 253 Å². The molecule has 10 aromatic rings. The number of benzene rings is 9. The molecule has 9 aromatic carbocycles. The standard InChI is InChI=1S/C59H38N2/c1-4-18-39(19-5-1)43-34-44(40-20-6-2-7-21-40)36-45(35-43)57-38-56(60-58(61-57)41-22-8-3-9-23-41)42-32-33-51-47-25-11-10-24-46(47)48-26-12-15-29-52(48)59(55(51)37-42)53-30-16-13-27-49(53)50-28-14-17-31-54(50)59/h1-38H. The van der Waals surface area contributed by atoms with Crippen LogP contribution < -0.4 is 0 Å². The quantitative estimate of drug-likeness (QED) is 0.174. The molecule has 0 unspecified atom stereocenters. The fourth-order valence-electron chi connectivity index (χ4n) is 10.0. The van der Waals surface area contributed by atoms with Crippen molar-refractivity contribution in [3.8, 4) is 89.5 Å². The molecule has 0 bridgehead atoms. The highest BCUT2D eigenvalue weighted by molar-refractivity contribution is 5.98. The van der Waals surface area contributed by atoms with Crippen LogP contribution in [0, 0.1) is 0 Å². The third-order valence-electron chi connectivity index (χ3n) is 12.7. The maximum Gasteiger partial charge on any atom is 0.160 e. The largest absolute Gasteiger partial charge is 0.228 e. The van der Waals surface area contributed by atoms with Crippen LogP contribution in [0.3, 0.4) is 0 Å². The zero-order chi connectivity index (χ0) is 40.3. The minimum Gasteiger partial charge on any atom is -0.228 e. The second-order valence-corrected chi connectivity index (χ2v) is 16.1. The van der Waals surface area contributed by atoms with Crippen LogP contribution in [0.5, 0.6) is 0 Å². The van der Waals surface area contributed by atoms with Crippen molar-refractivity contribution in [2.75, 3.05) is 0 Å². The summed E-state index contributed by atoms with van der Waals surface area (Å²) in [4.78, 5) is 10.8. The second-order valence-electron chi connectivity index (χ2n) is 16.1. The van der Waals surface area contributed by atoms with E-state index < -0.39 is 5.41 Å².